The molecule has 0 atom stereocenters. The van der Waals surface area contributed by atoms with E-state index in [0.29, 0.717) is 0 Å². The Labute approximate surface area is 59.7 Å². The summed E-state index contributed by atoms with van der Waals surface area (Å²) in [6.45, 7) is 1.96. The van der Waals surface area contributed by atoms with E-state index in [9.17, 15) is 0 Å². The minimum atomic E-state index is 0.725. The van der Waals surface area contributed by atoms with E-state index in [4.69, 9.17) is 11.6 Å². The number of allylic oxidation sites excluding steroid dienone is 4. The summed E-state index contributed by atoms with van der Waals surface area (Å²) < 4.78 is 0. The highest BCUT2D eigenvalue weighted by atomic mass is 35.5. The smallest absolute Gasteiger partial charge is 0.0552 e. The van der Waals surface area contributed by atoms with Crippen LogP contribution in [0.2, 0.25) is 0 Å². The van der Waals surface area contributed by atoms with E-state index in [1.54, 1.807) is 6.21 Å². The van der Waals surface area contributed by atoms with Gasteiger partial charge in [0.1, 0.15) is 0 Å². The Hall–Kier alpha value is -0.560. The zero-order valence-corrected chi connectivity index (χ0v) is 6.02. The van der Waals surface area contributed by atoms with E-state index in [1.807, 2.05) is 19.1 Å². The van der Waals surface area contributed by atoms with Crippen LogP contribution in [0.25, 0.3) is 0 Å². The summed E-state index contributed by atoms with van der Waals surface area (Å²) in [5.74, 6) is 0. The molecule has 0 aromatic rings. The first kappa shape index (κ1) is 6.56. The van der Waals surface area contributed by atoms with Crippen molar-refractivity contribution in [1.82, 2.24) is 0 Å². The van der Waals surface area contributed by atoms with Gasteiger partial charge >= 0.3 is 0 Å². The second kappa shape index (κ2) is 2.83. The normalized spacial score (nSPS) is 18.4. The van der Waals surface area contributed by atoms with Gasteiger partial charge in [0.2, 0.25) is 0 Å². The topological polar surface area (TPSA) is 12.4 Å². The van der Waals surface area contributed by atoms with Gasteiger partial charge in [-0.05, 0) is 13.3 Å². The van der Waals surface area contributed by atoms with Crippen molar-refractivity contribution in [3.8, 4) is 0 Å². The van der Waals surface area contributed by atoms with Crippen LogP contribution < -0.4 is 0 Å². The van der Waals surface area contributed by atoms with E-state index < -0.39 is 0 Å². The monoisotopic (exact) mass is 141 g/mol. The molecule has 0 aromatic carbocycles. The lowest BCUT2D eigenvalue weighted by atomic mass is 10.3. The van der Waals surface area contributed by atoms with Crippen LogP contribution >= 0.6 is 11.6 Å². The molecule has 0 fully saturated rings. The highest BCUT2D eigenvalue weighted by molar-refractivity contribution is 6.39. The first-order chi connectivity index (χ1) is 4.29. The third kappa shape index (κ3) is 2.02. The van der Waals surface area contributed by atoms with Gasteiger partial charge < -0.3 is 0 Å². The molecular weight excluding hydrogens is 134 g/mol. The van der Waals surface area contributed by atoms with Crippen LogP contribution in [0.1, 0.15) is 13.3 Å². The van der Waals surface area contributed by atoms with E-state index in [-0.39, 0.29) is 0 Å². The molecule has 0 N–H and O–H groups in total. The van der Waals surface area contributed by atoms with Gasteiger partial charge in [-0.2, -0.15) is 0 Å². The van der Waals surface area contributed by atoms with Crippen molar-refractivity contribution in [3.63, 3.8) is 0 Å². The predicted octanol–water partition coefficient (Wildman–Crippen LogP) is 2.49. The Morgan fingerprint density at radius 2 is 2.33 bits per heavy atom. The van der Waals surface area contributed by atoms with Gasteiger partial charge in [-0.15, -0.1) is 0 Å². The summed E-state index contributed by atoms with van der Waals surface area (Å²) in [6.07, 6.45) is 6.53. The maximum Gasteiger partial charge on any atom is 0.0552 e. The van der Waals surface area contributed by atoms with Gasteiger partial charge in [0, 0.05) is 11.9 Å². The largest absolute Gasteiger partial charge is 0.260 e. The van der Waals surface area contributed by atoms with Crippen molar-refractivity contribution < 1.29 is 0 Å². The van der Waals surface area contributed by atoms with Gasteiger partial charge in [0.05, 0.1) is 5.03 Å². The zero-order chi connectivity index (χ0) is 6.69. The first-order valence-electron chi connectivity index (χ1n) is 2.85. The summed E-state index contributed by atoms with van der Waals surface area (Å²) in [5.41, 5.74) is 1.03. The molecule has 0 aromatic heterocycles. The molecule has 0 unspecified atom stereocenters. The molecule has 48 valence electrons. The van der Waals surface area contributed by atoms with E-state index in [0.717, 1.165) is 17.2 Å². The summed E-state index contributed by atoms with van der Waals surface area (Å²) in [5, 5.41) is 0.725. The van der Waals surface area contributed by atoms with Crippen LogP contribution in [0.4, 0.5) is 0 Å². The van der Waals surface area contributed by atoms with Crippen LogP contribution in [0, 0.1) is 0 Å². The molecule has 0 aliphatic carbocycles. The number of hydrogen-bond donors (Lipinski definition) is 0. The molecule has 0 amide bonds. The van der Waals surface area contributed by atoms with E-state index in [2.05, 4.69) is 4.99 Å². The molecular formula is C7H8ClN. The molecule has 0 bridgehead atoms. The lowest BCUT2D eigenvalue weighted by molar-refractivity contribution is 1.26. The Morgan fingerprint density at radius 1 is 1.56 bits per heavy atom. The summed E-state index contributed by atoms with van der Waals surface area (Å²) >= 11 is 5.66. The lowest BCUT2D eigenvalue weighted by Gasteiger charge is -1.83. The molecule has 1 rings (SSSR count). The second-order valence-electron chi connectivity index (χ2n) is 1.93. The molecule has 1 aliphatic heterocycles. The standard InChI is InChI=1S/C7H8ClN/c1-6-3-2-4-7(8)5-9-6/h3-5H,2H2,1H3. The fourth-order valence-electron chi connectivity index (χ4n) is 0.611. The van der Waals surface area contributed by atoms with Gasteiger partial charge in [-0.1, -0.05) is 23.8 Å². The van der Waals surface area contributed by atoms with Crippen molar-refractivity contribution in [2.75, 3.05) is 0 Å². The van der Waals surface area contributed by atoms with Gasteiger partial charge in [-0.3, -0.25) is 4.99 Å². The average Bonchev–Trinajstić information content (AvgIpc) is 1.97. The Bertz CT molecular complexity index is 169. The molecule has 0 saturated heterocycles. The number of hydrogen-bond acceptors (Lipinski definition) is 1. The van der Waals surface area contributed by atoms with Crippen LogP contribution in [0.15, 0.2) is 27.9 Å². The molecule has 1 nitrogen and oxygen atoms in total. The summed E-state index contributed by atoms with van der Waals surface area (Å²) in [4.78, 5) is 4.04. The Morgan fingerprint density at radius 3 is 3.11 bits per heavy atom. The maximum absolute atomic E-state index is 5.66. The predicted molar refractivity (Wildman–Crippen MR) is 40.8 cm³/mol. The van der Waals surface area contributed by atoms with Crippen molar-refractivity contribution in [2.45, 2.75) is 13.3 Å². The van der Waals surface area contributed by atoms with Crippen LogP contribution in [0.5, 0.6) is 0 Å². The SMILES string of the molecule is CC1=CCC=C(Cl)C=N1. The van der Waals surface area contributed by atoms with Crippen molar-refractivity contribution in [2.24, 2.45) is 4.99 Å². The number of nitrogens with zero attached hydrogens (tertiary/aromatic N) is 1. The Balaban J connectivity index is 2.75. The van der Waals surface area contributed by atoms with Gasteiger partial charge in [0.25, 0.3) is 0 Å². The average molecular weight is 142 g/mol. The van der Waals surface area contributed by atoms with Crippen LogP contribution in [0.3, 0.4) is 0 Å². The molecule has 2 heteroatoms. The zero-order valence-electron chi connectivity index (χ0n) is 5.26. The minimum Gasteiger partial charge on any atom is -0.260 e. The van der Waals surface area contributed by atoms with Gasteiger partial charge in [0.15, 0.2) is 0 Å². The minimum absolute atomic E-state index is 0.725. The first-order valence-corrected chi connectivity index (χ1v) is 3.23. The Kier molecular flexibility index (Phi) is 2.06. The number of rotatable bonds is 0. The molecule has 1 heterocycles. The van der Waals surface area contributed by atoms with Crippen LogP contribution in [-0.4, -0.2) is 6.21 Å². The molecule has 0 spiro atoms. The molecule has 0 radical (unpaired) electrons. The number of aliphatic imine (C=N–C) groups is 1. The summed E-state index contributed by atoms with van der Waals surface area (Å²) in [7, 11) is 0. The quantitative estimate of drug-likeness (QED) is 0.492. The third-order valence-corrected chi connectivity index (χ3v) is 1.37. The molecule has 1 aliphatic rings. The second-order valence-corrected chi connectivity index (χ2v) is 2.36. The maximum atomic E-state index is 5.66. The van der Waals surface area contributed by atoms with Crippen molar-refractivity contribution >= 4 is 17.8 Å². The highest BCUT2D eigenvalue weighted by Crippen LogP contribution is 2.08. The highest BCUT2D eigenvalue weighted by Gasteiger charge is 1.90. The fourth-order valence-corrected chi connectivity index (χ4v) is 0.749. The van der Waals surface area contributed by atoms with E-state index >= 15 is 0 Å². The number of halogens is 1. The van der Waals surface area contributed by atoms with E-state index in [1.165, 1.54) is 0 Å². The fraction of sp³-hybridized carbons (Fsp3) is 0.286. The molecule has 9 heavy (non-hydrogen) atoms. The van der Waals surface area contributed by atoms with Crippen molar-refractivity contribution in [1.29, 1.82) is 0 Å². The van der Waals surface area contributed by atoms with Gasteiger partial charge in [-0.25, -0.2) is 0 Å². The van der Waals surface area contributed by atoms with Crippen LogP contribution in [-0.2, 0) is 0 Å². The van der Waals surface area contributed by atoms with Crippen molar-refractivity contribution in [3.05, 3.63) is 22.9 Å². The summed E-state index contributed by atoms with van der Waals surface area (Å²) in [6, 6.07) is 0. The molecule has 0 saturated carbocycles. The lowest BCUT2D eigenvalue weighted by Crippen LogP contribution is -1.69. The third-order valence-electron chi connectivity index (χ3n) is 1.12.